The first-order valence-electron chi connectivity index (χ1n) is 8.17. The van der Waals surface area contributed by atoms with E-state index >= 15 is 0 Å². The number of rotatable bonds is 6. The molecule has 0 aliphatic heterocycles. The number of carbonyl (C=O) groups is 1. The Hall–Kier alpha value is -2.70. The van der Waals surface area contributed by atoms with Crippen LogP contribution < -0.4 is 5.32 Å². The van der Waals surface area contributed by atoms with Crippen molar-refractivity contribution in [1.29, 1.82) is 0 Å². The third kappa shape index (κ3) is 4.47. The topological polar surface area (TPSA) is 71.3 Å². The third-order valence-corrected chi connectivity index (χ3v) is 4.22. The fraction of sp³-hybridized carbons (Fsp3) is 0.211. The van der Waals surface area contributed by atoms with Gasteiger partial charge < -0.3 is 9.73 Å². The smallest absolute Gasteiger partial charge is 0.247 e. The van der Waals surface area contributed by atoms with Crippen molar-refractivity contribution in [2.24, 2.45) is 0 Å². The van der Waals surface area contributed by atoms with E-state index < -0.39 is 0 Å². The zero-order valence-electron chi connectivity index (χ0n) is 14.5. The maximum Gasteiger partial charge on any atom is 0.247 e. The van der Waals surface area contributed by atoms with Gasteiger partial charge in [-0.2, -0.15) is 0 Å². The molecule has 1 aromatic heterocycles. The highest BCUT2D eigenvalue weighted by Crippen LogP contribution is 2.25. The number of para-hydroxylation sites is 1. The van der Waals surface area contributed by atoms with Gasteiger partial charge in [0.1, 0.15) is 0 Å². The monoisotopic (exact) mass is 370 g/mol. The molecule has 7 heteroatoms. The molecule has 1 heterocycles. The molecule has 0 spiro atoms. The van der Waals surface area contributed by atoms with Gasteiger partial charge in [0.25, 0.3) is 0 Å². The van der Waals surface area contributed by atoms with E-state index in [-0.39, 0.29) is 18.5 Å². The maximum absolute atomic E-state index is 12.2. The first kappa shape index (κ1) is 18.1. The highest BCUT2D eigenvalue weighted by Gasteiger charge is 2.21. The van der Waals surface area contributed by atoms with Crippen molar-refractivity contribution in [3.05, 3.63) is 65.5 Å². The molecule has 2 aromatic carbocycles. The Labute approximate surface area is 156 Å². The molecule has 3 rings (SSSR count). The number of benzene rings is 2. The second kappa shape index (κ2) is 8.12. The normalized spacial score (nSPS) is 12.2. The maximum atomic E-state index is 12.2. The Bertz CT molecular complexity index is 882. The first-order valence-corrected chi connectivity index (χ1v) is 8.55. The summed E-state index contributed by atoms with van der Waals surface area (Å²) in [4.78, 5) is 14.0. The molecule has 0 aliphatic carbocycles. The van der Waals surface area contributed by atoms with Crippen LogP contribution in [-0.2, 0) is 4.79 Å². The van der Waals surface area contributed by atoms with Crippen LogP contribution in [0, 0.1) is 0 Å². The van der Waals surface area contributed by atoms with E-state index in [0.29, 0.717) is 16.8 Å². The van der Waals surface area contributed by atoms with Crippen LogP contribution in [0.1, 0.15) is 18.9 Å². The molecule has 3 aromatic rings. The largest absolute Gasteiger partial charge is 0.419 e. The number of likely N-dealkylation sites (N-methyl/N-ethyl adjacent to an activating group) is 1. The molecule has 0 aliphatic rings. The van der Waals surface area contributed by atoms with Gasteiger partial charge in [-0.3, -0.25) is 9.69 Å². The van der Waals surface area contributed by atoms with Gasteiger partial charge in [-0.1, -0.05) is 35.9 Å². The molecule has 26 heavy (non-hydrogen) atoms. The average molecular weight is 371 g/mol. The van der Waals surface area contributed by atoms with E-state index in [1.807, 2.05) is 61.3 Å². The second-order valence-electron chi connectivity index (χ2n) is 5.96. The summed E-state index contributed by atoms with van der Waals surface area (Å²) >= 11 is 6.00. The van der Waals surface area contributed by atoms with Crippen LogP contribution in [0.4, 0.5) is 5.69 Å². The Balaban J connectivity index is 1.63. The Morgan fingerprint density at radius 2 is 1.96 bits per heavy atom. The average Bonchev–Trinajstić information content (AvgIpc) is 3.12. The second-order valence-corrected chi connectivity index (χ2v) is 6.40. The van der Waals surface area contributed by atoms with Crippen LogP contribution in [0.3, 0.4) is 0 Å². The molecular weight excluding hydrogens is 352 g/mol. The number of aromatic nitrogens is 2. The van der Waals surface area contributed by atoms with Crippen LogP contribution in [-0.4, -0.2) is 34.6 Å². The van der Waals surface area contributed by atoms with Crippen LogP contribution in [0.2, 0.25) is 5.02 Å². The van der Waals surface area contributed by atoms with Crippen molar-refractivity contribution in [1.82, 2.24) is 15.1 Å². The lowest BCUT2D eigenvalue weighted by atomic mass is 10.2. The fourth-order valence-electron chi connectivity index (χ4n) is 2.42. The SMILES string of the molecule is CC(c1nnc(-c2cccc(Cl)c2)o1)N(C)CC(=O)Nc1ccccc1. The van der Waals surface area contributed by atoms with E-state index in [2.05, 4.69) is 15.5 Å². The van der Waals surface area contributed by atoms with Gasteiger partial charge in [0.15, 0.2) is 0 Å². The molecule has 0 saturated carbocycles. The Morgan fingerprint density at radius 3 is 2.69 bits per heavy atom. The van der Waals surface area contributed by atoms with Crippen LogP contribution in [0.25, 0.3) is 11.5 Å². The first-order chi connectivity index (χ1) is 12.5. The lowest BCUT2D eigenvalue weighted by Gasteiger charge is -2.21. The lowest BCUT2D eigenvalue weighted by Crippen LogP contribution is -2.32. The van der Waals surface area contributed by atoms with E-state index in [1.54, 1.807) is 12.1 Å². The quantitative estimate of drug-likeness (QED) is 0.709. The summed E-state index contributed by atoms with van der Waals surface area (Å²) in [5.41, 5.74) is 1.52. The number of carbonyl (C=O) groups excluding carboxylic acids is 1. The zero-order chi connectivity index (χ0) is 18.5. The minimum atomic E-state index is -0.211. The Kier molecular flexibility index (Phi) is 5.65. The molecule has 0 bridgehead atoms. The summed E-state index contributed by atoms with van der Waals surface area (Å²) in [7, 11) is 1.83. The molecule has 134 valence electrons. The van der Waals surface area contributed by atoms with E-state index in [9.17, 15) is 4.79 Å². The van der Waals surface area contributed by atoms with Crippen molar-refractivity contribution >= 4 is 23.2 Å². The van der Waals surface area contributed by atoms with Crippen molar-refractivity contribution in [3.63, 3.8) is 0 Å². The predicted octanol–water partition coefficient (Wildman–Crippen LogP) is 4.02. The van der Waals surface area contributed by atoms with Crippen molar-refractivity contribution in [2.45, 2.75) is 13.0 Å². The summed E-state index contributed by atoms with van der Waals surface area (Å²) in [5, 5.41) is 11.6. The molecule has 1 N–H and O–H groups in total. The lowest BCUT2D eigenvalue weighted by molar-refractivity contribution is -0.117. The van der Waals surface area contributed by atoms with Crippen LogP contribution in [0.5, 0.6) is 0 Å². The zero-order valence-corrected chi connectivity index (χ0v) is 15.3. The molecule has 0 fully saturated rings. The number of amides is 1. The van der Waals surface area contributed by atoms with Gasteiger partial charge in [0.05, 0.1) is 12.6 Å². The molecule has 1 unspecified atom stereocenters. The predicted molar refractivity (Wildman–Crippen MR) is 101 cm³/mol. The van der Waals surface area contributed by atoms with E-state index in [0.717, 1.165) is 11.3 Å². The van der Waals surface area contributed by atoms with Crippen LogP contribution in [0.15, 0.2) is 59.0 Å². The third-order valence-electron chi connectivity index (χ3n) is 3.98. The number of nitrogens with zero attached hydrogens (tertiary/aromatic N) is 3. The summed E-state index contributed by atoms with van der Waals surface area (Å²) in [5.74, 6) is 0.728. The number of hydrogen-bond donors (Lipinski definition) is 1. The Morgan fingerprint density at radius 1 is 1.19 bits per heavy atom. The summed E-state index contributed by atoms with van der Waals surface area (Å²) in [6.07, 6.45) is 0. The van der Waals surface area contributed by atoms with E-state index in [1.165, 1.54) is 0 Å². The van der Waals surface area contributed by atoms with Gasteiger partial charge in [0.2, 0.25) is 17.7 Å². The van der Waals surface area contributed by atoms with Gasteiger partial charge in [-0.05, 0) is 44.3 Å². The molecular formula is C19H19ClN4O2. The minimum Gasteiger partial charge on any atom is -0.419 e. The fourth-order valence-corrected chi connectivity index (χ4v) is 2.61. The van der Waals surface area contributed by atoms with Crippen molar-refractivity contribution in [2.75, 3.05) is 18.9 Å². The number of anilines is 1. The van der Waals surface area contributed by atoms with Gasteiger partial charge in [0, 0.05) is 16.3 Å². The molecule has 6 nitrogen and oxygen atoms in total. The molecule has 1 amide bonds. The molecule has 0 radical (unpaired) electrons. The van der Waals surface area contributed by atoms with Gasteiger partial charge in [-0.15, -0.1) is 10.2 Å². The number of hydrogen-bond acceptors (Lipinski definition) is 5. The highest BCUT2D eigenvalue weighted by molar-refractivity contribution is 6.30. The van der Waals surface area contributed by atoms with Gasteiger partial charge in [-0.25, -0.2) is 0 Å². The van der Waals surface area contributed by atoms with Crippen molar-refractivity contribution < 1.29 is 9.21 Å². The van der Waals surface area contributed by atoms with E-state index in [4.69, 9.17) is 16.0 Å². The summed E-state index contributed by atoms with van der Waals surface area (Å²) in [6, 6.07) is 16.3. The van der Waals surface area contributed by atoms with Crippen molar-refractivity contribution in [3.8, 4) is 11.5 Å². The molecule has 0 saturated heterocycles. The summed E-state index contributed by atoms with van der Waals surface area (Å²) in [6.45, 7) is 2.11. The summed E-state index contributed by atoms with van der Waals surface area (Å²) < 4.78 is 5.75. The standard InChI is InChI=1S/C19H19ClN4O2/c1-13(24(2)12-17(25)21-16-9-4-3-5-10-16)18-22-23-19(26-18)14-7-6-8-15(20)11-14/h3-11,13H,12H2,1-2H3,(H,21,25). The minimum absolute atomic E-state index is 0.111. The van der Waals surface area contributed by atoms with Gasteiger partial charge >= 0.3 is 0 Å². The number of halogens is 1. The van der Waals surface area contributed by atoms with Crippen LogP contribution >= 0.6 is 11.6 Å². The number of nitrogens with one attached hydrogen (secondary N) is 1. The highest BCUT2D eigenvalue weighted by atomic mass is 35.5. The molecule has 1 atom stereocenters.